The Labute approximate surface area is 132 Å². The van der Waals surface area contributed by atoms with Crippen molar-refractivity contribution in [2.75, 3.05) is 0 Å². The van der Waals surface area contributed by atoms with Crippen LogP contribution in [0.3, 0.4) is 0 Å². The molecule has 3 heteroatoms. The lowest BCUT2D eigenvalue weighted by atomic mass is 9.79. The van der Waals surface area contributed by atoms with Crippen molar-refractivity contribution in [2.24, 2.45) is 22.2 Å². The first kappa shape index (κ1) is 16.5. The number of carbonyl (C=O) groups is 2. The summed E-state index contributed by atoms with van der Waals surface area (Å²) in [6, 6.07) is 0. The quantitative estimate of drug-likeness (QED) is 0.637. The van der Waals surface area contributed by atoms with Crippen molar-refractivity contribution in [3.8, 4) is 12.3 Å². The number of ketones is 1. The third-order valence-electron chi connectivity index (χ3n) is 5.97. The van der Waals surface area contributed by atoms with Crippen LogP contribution in [-0.2, 0) is 9.59 Å². The van der Waals surface area contributed by atoms with Crippen molar-refractivity contribution in [1.82, 2.24) is 0 Å². The molecular formula is C19H24O3. The summed E-state index contributed by atoms with van der Waals surface area (Å²) in [5, 5.41) is 10.0. The zero-order chi connectivity index (χ0) is 16.9. The molecule has 0 aromatic carbocycles. The zero-order valence-corrected chi connectivity index (χ0v) is 14.0. The summed E-state index contributed by atoms with van der Waals surface area (Å²) in [7, 11) is 0. The Hall–Kier alpha value is -1.82. The summed E-state index contributed by atoms with van der Waals surface area (Å²) >= 11 is 0. The molecule has 2 rings (SSSR count). The molecule has 1 fully saturated rings. The van der Waals surface area contributed by atoms with Gasteiger partial charge in [0.25, 0.3) is 0 Å². The molecule has 0 aliphatic heterocycles. The van der Waals surface area contributed by atoms with Gasteiger partial charge in [0.15, 0.2) is 5.78 Å². The van der Waals surface area contributed by atoms with Gasteiger partial charge in [-0.2, -0.15) is 0 Å². The van der Waals surface area contributed by atoms with Gasteiger partial charge in [-0.15, -0.1) is 12.3 Å². The fourth-order valence-corrected chi connectivity index (χ4v) is 4.81. The summed E-state index contributed by atoms with van der Waals surface area (Å²) in [4.78, 5) is 24.4. The molecule has 2 aliphatic rings. The normalized spacial score (nSPS) is 35.5. The number of rotatable bonds is 4. The SMILES string of the molecule is C#CCC1=CC(C2(C(=O)O)C(C)(C)C2(C)C=C(C)C)CC1=O. The third-order valence-corrected chi connectivity index (χ3v) is 5.97. The third kappa shape index (κ3) is 1.76. The van der Waals surface area contributed by atoms with Crippen molar-refractivity contribution < 1.29 is 14.7 Å². The highest BCUT2D eigenvalue weighted by molar-refractivity contribution is 6.00. The fraction of sp³-hybridized carbons (Fsp3) is 0.579. The van der Waals surface area contributed by atoms with E-state index in [0.717, 1.165) is 5.57 Å². The van der Waals surface area contributed by atoms with Gasteiger partial charge in [-0.25, -0.2) is 0 Å². The number of carboxylic acids is 1. The predicted octanol–water partition coefficient (Wildman–Crippen LogP) is 3.61. The van der Waals surface area contributed by atoms with E-state index in [0.29, 0.717) is 5.57 Å². The van der Waals surface area contributed by atoms with E-state index in [1.54, 1.807) is 0 Å². The lowest BCUT2D eigenvalue weighted by Crippen LogP contribution is -2.31. The molecule has 0 aromatic heterocycles. The monoisotopic (exact) mass is 300 g/mol. The summed E-state index contributed by atoms with van der Waals surface area (Å²) in [5.41, 5.74) is -0.164. The second-order valence-electron chi connectivity index (χ2n) is 7.47. The number of terminal acetylenes is 1. The average molecular weight is 300 g/mol. The molecule has 3 nitrogen and oxygen atoms in total. The van der Waals surface area contributed by atoms with E-state index in [-0.39, 0.29) is 24.5 Å². The average Bonchev–Trinajstić information content (AvgIpc) is 2.61. The predicted molar refractivity (Wildman–Crippen MR) is 86.0 cm³/mol. The molecule has 118 valence electrons. The minimum Gasteiger partial charge on any atom is -0.481 e. The number of hydrogen-bond donors (Lipinski definition) is 1. The van der Waals surface area contributed by atoms with Crippen LogP contribution in [0.4, 0.5) is 0 Å². The van der Waals surface area contributed by atoms with Crippen LogP contribution in [0.1, 0.15) is 47.5 Å². The molecule has 0 bridgehead atoms. The molecule has 0 aromatic rings. The van der Waals surface area contributed by atoms with Gasteiger partial charge in [0, 0.05) is 29.7 Å². The smallest absolute Gasteiger partial charge is 0.311 e. The van der Waals surface area contributed by atoms with Crippen molar-refractivity contribution >= 4 is 11.8 Å². The van der Waals surface area contributed by atoms with Gasteiger partial charge in [0.1, 0.15) is 0 Å². The molecular weight excluding hydrogens is 276 g/mol. The van der Waals surface area contributed by atoms with Crippen LogP contribution >= 0.6 is 0 Å². The van der Waals surface area contributed by atoms with Crippen molar-refractivity contribution in [1.29, 1.82) is 0 Å². The molecule has 3 unspecified atom stereocenters. The maximum Gasteiger partial charge on any atom is 0.311 e. The van der Waals surface area contributed by atoms with Crippen LogP contribution in [0.5, 0.6) is 0 Å². The fourth-order valence-electron chi connectivity index (χ4n) is 4.81. The largest absolute Gasteiger partial charge is 0.481 e. The molecule has 0 saturated heterocycles. The molecule has 1 N–H and O–H groups in total. The lowest BCUT2D eigenvalue weighted by Gasteiger charge is -2.22. The highest BCUT2D eigenvalue weighted by Crippen LogP contribution is 2.82. The van der Waals surface area contributed by atoms with Gasteiger partial charge in [0.05, 0.1) is 5.41 Å². The van der Waals surface area contributed by atoms with Crippen molar-refractivity contribution in [3.05, 3.63) is 23.3 Å². The maximum atomic E-state index is 12.2. The topological polar surface area (TPSA) is 54.4 Å². The van der Waals surface area contributed by atoms with Crippen LogP contribution in [0, 0.1) is 34.5 Å². The highest BCUT2D eigenvalue weighted by atomic mass is 16.4. The molecule has 2 aliphatic carbocycles. The Kier molecular flexibility index (Phi) is 3.64. The molecule has 1 saturated carbocycles. The first-order valence-electron chi connectivity index (χ1n) is 7.63. The van der Waals surface area contributed by atoms with Gasteiger partial charge >= 0.3 is 5.97 Å². The van der Waals surface area contributed by atoms with Crippen molar-refractivity contribution in [2.45, 2.75) is 47.5 Å². The Morgan fingerprint density at radius 2 is 2.05 bits per heavy atom. The van der Waals surface area contributed by atoms with Crippen LogP contribution < -0.4 is 0 Å². The Balaban J connectivity index is 2.55. The van der Waals surface area contributed by atoms with E-state index in [9.17, 15) is 14.7 Å². The second-order valence-corrected chi connectivity index (χ2v) is 7.47. The number of hydrogen-bond acceptors (Lipinski definition) is 2. The number of carboxylic acid groups (broad SMARTS) is 1. The number of allylic oxidation sites excluding steroid dienone is 4. The summed E-state index contributed by atoms with van der Waals surface area (Å²) < 4.78 is 0. The molecule has 0 heterocycles. The van der Waals surface area contributed by atoms with E-state index in [4.69, 9.17) is 6.42 Å². The lowest BCUT2D eigenvalue weighted by molar-refractivity contribution is -0.147. The van der Waals surface area contributed by atoms with Gasteiger partial charge in [-0.3, -0.25) is 9.59 Å². The first-order valence-corrected chi connectivity index (χ1v) is 7.63. The molecule has 3 atom stereocenters. The van der Waals surface area contributed by atoms with Gasteiger partial charge in [0.2, 0.25) is 0 Å². The van der Waals surface area contributed by atoms with Gasteiger partial charge in [-0.05, 0) is 19.3 Å². The highest BCUT2D eigenvalue weighted by Gasteiger charge is 2.85. The van der Waals surface area contributed by atoms with E-state index in [2.05, 4.69) is 12.0 Å². The van der Waals surface area contributed by atoms with Gasteiger partial charge in [-0.1, -0.05) is 38.5 Å². The standard InChI is InChI=1S/C19H24O3/c1-7-8-13-9-14(10-15(13)20)19(16(21)22)17(4,5)18(19,6)11-12(2)3/h1,9,11,14H,8,10H2,2-6H3,(H,21,22). The number of carbonyl (C=O) groups excluding carboxylic acids is 1. The minimum atomic E-state index is -0.955. The second kappa shape index (κ2) is 4.84. The van der Waals surface area contributed by atoms with E-state index < -0.39 is 22.2 Å². The van der Waals surface area contributed by atoms with E-state index in [1.807, 2.05) is 40.7 Å². The van der Waals surface area contributed by atoms with Crippen LogP contribution in [-0.4, -0.2) is 16.9 Å². The zero-order valence-electron chi connectivity index (χ0n) is 14.0. The number of Topliss-reactive ketones (excluding diaryl/α,β-unsaturated/α-hetero) is 1. The van der Waals surface area contributed by atoms with E-state index >= 15 is 0 Å². The Bertz CT molecular complexity index is 640. The van der Waals surface area contributed by atoms with Crippen molar-refractivity contribution in [3.63, 3.8) is 0 Å². The summed E-state index contributed by atoms with van der Waals surface area (Å²) in [5.74, 6) is 1.36. The van der Waals surface area contributed by atoms with E-state index in [1.165, 1.54) is 0 Å². The Morgan fingerprint density at radius 1 is 1.45 bits per heavy atom. The molecule has 22 heavy (non-hydrogen) atoms. The molecule has 0 radical (unpaired) electrons. The van der Waals surface area contributed by atoms with Gasteiger partial charge < -0.3 is 5.11 Å². The summed E-state index contributed by atoms with van der Waals surface area (Å²) in [6.45, 7) is 9.92. The molecule has 0 amide bonds. The number of aliphatic carboxylic acids is 1. The van der Waals surface area contributed by atoms with Crippen LogP contribution in [0.25, 0.3) is 0 Å². The molecule has 0 spiro atoms. The maximum absolute atomic E-state index is 12.2. The minimum absolute atomic E-state index is 0.00850. The first-order chi connectivity index (χ1) is 10.1. The van der Waals surface area contributed by atoms with Crippen LogP contribution in [0.2, 0.25) is 0 Å². The Morgan fingerprint density at radius 3 is 2.50 bits per heavy atom. The van der Waals surface area contributed by atoms with Crippen LogP contribution in [0.15, 0.2) is 23.3 Å². The summed E-state index contributed by atoms with van der Waals surface area (Å²) in [6.07, 6.45) is 9.71.